The van der Waals surface area contributed by atoms with Gasteiger partial charge in [-0.2, -0.15) is 4.39 Å². The lowest BCUT2D eigenvalue weighted by Gasteiger charge is -2.07. The molecule has 0 radical (unpaired) electrons. The monoisotopic (exact) mass is 307 g/mol. The van der Waals surface area contributed by atoms with Crippen LogP contribution in [0.3, 0.4) is 0 Å². The minimum Gasteiger partial charge on any atom is -0.494 e. The van der Waals surface area contributed by atoms with Gasteiger partial charge in [0.15, 0.2) is 11.6 Å². The molecule has 0 fully saturated rings. The van der Waals surface area contributed by atoms with Gasteiger partial charge in [0, 0.05) is 6.07 Å². The van der Waals surface area contributed by atoms with Crippen molar-refractivity contribution >= 4 is 5.97 Å². The van der Waals surface area contributed by atoms with E-state index in [9.17, 15) is 13.6 Å². The number of hydrogen-bond acceptors (Lipinski definition) is 4. The summed E-state index contributed by atoms with van der Waals surface area (Å²) >= 11 is 0. The predicted octanol–water partition coefficient (Wildman–Crippen LogP) is 3.76. The molecule has 0 amide bonds. The Balaban J connectivity index is 1.98. The van der Waals surface area contributed by atoms with Crippen molar-refractivity contribution in [3.05, 3.63) is 53.9 Å². The topological polar surface area (TPSA) is 48.4 Å². The number of ether oxygens (including phenoxy) is 2. The van der Waals surface area contributed by atoms with Crippen LogP contribution < -0.4 is 9.47 Å². The Morgan fingerprint density at radius 1 is 1.18 bits per heavy atom. The second kappa shape index (κ2) is 7.49. The molecule has 4 nitrogen and oxygen atoms in total. The molecule has 2 aromatic rings. The highest BCUT2D eigenvalue weighted by Gasteiger charge is 2.11. The second-order valence-corrected chi connectivity index (χ2v) is 4.56. The summed E-state index contributed by atoms with van der Waals surface area (Å²) in [5.74, 6) is -2.61. The van der Waals surface area contributed by atoms with Gasteiger partial charge in [-0.15, -0.1) is 0 Å². The van der Waals surface area contributed by atoms with Crippen molar-refractivity contribution < 1.29 is 23.0 Å². The van der Waals surface area contributed by atoms with Crippen LogP contribution >= 0.6 is 0 Å². The number of halogens is 2. The summed E-state index contributed by atoms with van der Waals surface area (Å²) in [5, 5.41) is 0. The quantitative estimate of drug-likeness (QED) is 0.463. The lowest BCUT2D eigenvalue weighted by atomic mass is 10.2. The Morgan fingerprint density at radius 3 is 2.55 bits per heavy atom. The molecule has 0 N–H and O–H groups in total. The molecule has 1 aromatic carbocycles. The van der Waals surface area contributed by atoms with Crippen LogP contribution in [0.5, 0.6) is 11.5 Å². The molecule has 1 aromatic heterocycles. The van der Waals surface area contributed by atoms with Crippen LogP contribution in [-0.4, -0.2) is 17.6 Å². The van der Waals surface area contributed by atoms with Crippen LogP contribution in [0.25, 0.3) is 0 Å². The van der Waals surface area contributed by atoms with Gasteiger partial charge in [0.1, 0.15) is 5.75 Å². The number of esters is 1. The maximum Gasteiger partial charge on any atom is 0.343 e. The highest BCUT2D eigenvalue weighted by molar-refractivity contribution is 5.91. The van der Waals surface area contributed by atoms with Crippen molar-refractivity contribution in [1.82, 2.24) is 4.98 Å². The molecule has 0 spiro atoms. The van der Waals surface area contributed by atoms with Gasteiger partial charge in [0.25, 0.3) is 0 Å². The predicted molar refractivity (Wildman–Crippen MR) is 76.0 cm³/mol. The van der Waals surface area contributed by atoms with E-state index in [2.05, 4.69) is 11.9 Å². The second-order valence-electron chi connectivity index (χ2n) is 4.56. The Hall–Kier alpha value is -2.50. The number of nitrogens with zero attached hydrogens (tertiary/aromatic N) is 1. The molecular formula is C16H15F2NO3. The number of aromatic nitrogens is 1. The van der Waals surface area contributed by atoms with Crippen LogP contribution in [0.4, 0.5) is 8.78 Å². The number of benzene rings is 1. The van der Waals surface area contributed by atoms with Crippen LogP contribution in [0.1, 0.15) is 30.1 Å². The first kappa shape index (κ1) is 15.9. The third kappa shape index (κ3) is 4.25. The summed E-state index contributed by atoms with van der Waals surface area (Å²) in [5.41, 5.74) is 0.271. The third-order valence-electron chi connectivity index (χ3n) is 2.84. The molecule has 0 bridgehead atoms. The molecule has 0 saturated heterocycles. The number of pyridine rings is 1. The summed E-state index contributed by atoms with van der Waals surface area (Å²) in [4.78, 5) is 15.0. The van der Waals surface area contributed by atoms with E-state index in [1.807, 2.05) is 0 Å². The van der Waals surface area contributed by atoms with Crippen molar-refractivity contribution in [3.8, 4) is 11.5 Å². The highest BCUT2D eigenvalue weighted by Crippen LogP contribution is 2.17. The SMILES string of the molecule is CCCCOc1ccc(C(=O)Oc2cnc(F)c(F)c2)cc1. The van der Waals surface area contributed by atoms with E-state index < -0.39 is 17.7 Å². The van der Waals surface area contributed by atoms with Crippen molar-refractivity contribution in [2.24, 2.45) is 0 Å². The first-order chi connectivity index (χ1) is 10.6. The molecule has 1 heterocycles. The minimum absolute atomic E-state index is 0.160. The van der Waals surface area contributed by atoms with Crippen LogP contribution in [-0.2, 0) is 0 Å². The summed E-state index contributed by atoms with van der Waals surface area (Å²) in [6.45, 7) is 2.68. The van der Waals surface area contributed by atoms with E-state index in [-0.39, 0.29) is 11.3 Å². The van der Waals surface area contributed by atoms with E-state index in [0.717, 1.165) is 25.1 Å². The number of unbranched alkanes of at least 4 members (excludes halogenated alkanes) is 1. The number of hydrogen-bond donors (Lipinski definition) is 0. The zero-order valence-corrected chi connectivity index (χ0v) is 12.0. The molecule has 22 heavy (non-hydrogen) atoms. The fraction of sp³-hybridized carbons (Fsp3) is 0.250. The molecule has 0 atom stereocenters. The lowest BCUT2D eigenvalue weighted by Crippen LogP contribution is -2.09. The third-order valence-corrected chi connectivity index (χ3v) is 2.84. The first-order valence-electron chi connectivity index (χ1n) is 6.86. The van der Waals surface area contributed by atoms with E-state index in [0.29, 0.717) is 12.4 Å². The average Bonchev–Trinajstić information content (AvgIpc) is 2.52. The summed E-state index contributed by atoms with van der Waals surface area (Å²) in [7, 11) is 0. The molecule has 0 unspecified atom stereocenters. The van der Waals surface area contributed by atoms with Gasteiger partial charge < -0.3 is 9.47 Å². The van der Waals surface area contributed by atoms with Gasteiger partial charge in [0.05, 0.1) is 18.4 Å². The normalized spacial score (nSPS) is 10.3. The summed E-state index contributed by atoms with van der Waals surface area (Å²) in [6.07, 6.45) is 2.93. The zero-order chi connectivity index (χ0) is 15.9. The molecule has 2 rings (SSSR count). The number of carbonyl (C=O) groups is 1. The van der Waals surface area contributed by atoms with Crippen LogP contribution in [0.15, 0.2) is 36.5 Å². The highest BCUT2D eigenvalue weighted by atomic mass is 19.2. The maximum absolute atomic E-state index is 13.0. The van der Waals surface area contributed by atoms with Gasteiger partial charge in [0.2, 0.25) is 5.95 Å². The van der Waals surface area contributed by atoms with Crippen LogP contribution in [0.2, 0.25) is 0 Å². The fourth-order valence-electron chi connectivity index (χ4n) is 1.65. The fourth-order valence-corrected chi connectivity index (χ4v) is 1.65. The Morgan fingerprint density at radius 2 is 1.91 bits per heavy atom. The number of carbonyl (C=O) groups excluding carboxylic acids is 1. The molecular weight excluding hydrogens is 292 g/mol. The first-order valence-corrected chi connectivity index (χ1v) is 6.86. The van der Waals surface area contributed by atoms with Crippen molar-refractivity contribution in [1.29, 1.82) is 0 Å². The zero-order valence-electron chi connectivity index (χ0n) is 12.0. The van der Waals surface area contributed by atoms with Crippen molar-refractivity contribution in [2.45, 2.75) is 19.8 Å². The number of rotatable bonds is 6. The summed E-state index contributed by atoms with van der Waals surface area (Å²) < 4.78 is 36.1. The standard InChI is InChI=1S/C16H15F2NO3/c1-2-3-8-21-12-6-4-11(5-7-12)16(20)22-13-9-14(17)15(18)19-10-13/h4-7,9-10H,2-3,8H2,1H3. The Kier molecular flexibility index (Phi) is 5.41. The van der Waals surface area contributed by atoms with E-state index in [4.69, 9.17) is 9.47 Å². The lowest BCUT2D eigenvalue weighted by molar-refractivity contribution is 0.0733. The molecule has 0 aliphatic carbocycles. The van der Waals surface area contributed by atoms with Crippen molar-refractivity contribution in [3.63, 3.8) is 0 Å². The van der Waals surface area contributed by atoms with Gasteiger partial charge in [-0.25, -0.2) is 14.2 Å². The van der Waals surface area contributed by atoms with Crippen molar-refractivity contribution in [2.75, 3.05) is 6.61 Å². The molecule has 0 aliphatic rings. The molecule has 0 saturated carbocycles. The van der Waals surface area contributed by atoms with E-state index in [1.54, 1.807) is 12.1 Å². The van der Waals surface area contributed by atoms with Gasteiger partial charge >= 0.3 is 5.97 Å². The average molecular weight is 307 g/mol. The maximum atomic E-state index is 13.0. The smallest absolute Gasteiger partial charge is 0.343 e. The largest absolute Gasteiger partial charge is 0.494 e. The van der Waals surface area contributed by atoms with Gasteiger partial charge in [-0.05, 0) is 30.7 Å². The van der Waals surface area contributed by atoms with E-state index in [1.165, 1.54) is 12.1 Å². The van der Waals surface area contributed by atoms with E-state index >= 15 is 0 Å². The molecule has 0 aliphatic heterocycles. The Labute approximate surface area is 126 Å². The van der Waals surface area contributed by atoms with Crippen LogP contribution in [0, 0.1) is 11.8 Å². The molecule has 6 heteroatoms. The molecule has 116 valence electrons. The summed E-state index contributed by atoms with van der Waals surface area (Å²) in [6, 6.07) is 7.14. The van der Waals surface area contributed by atoms with Gasteiger partial charge in [-0.3, -0.25) is 0 Å². The minimum atomic E-state index is -1.24. The Bertz CT molecular complexity index is 644. The van der Waals surface area contributed by atoms with Gasteiger partial charge in [-0.1, -0.05) is 13.3 Å².